The summed E-state index contributed by atoms with van der Waals surface area (Å²) in [5.41, 5.74) is 5.14. The molecule has 1 aliphatic rings. The molecule has 2 atom stereocenters. The molecule has 20 heavy (non-hydrogen) atoms. The Balaban J connectivity index is 2.37. The molecule has 0 bridgehead atoms. The molecule has 4 nitrogen and oxygen atoms in total. The number of nitrogens with zero attached hydrogens (tertiary/aromatic N) is 3. The fourth-order valence-electron chi connectivity index (χ4n) is 2.87. The molecule has 0 aromatic carbocycles. The lowest BCUT2D eigenvalue weighted by Crippen LogP contribution is -2.20. The van der Waals surface area contributed by atoms with Crippen LogP contribution in [0.2, 0.25) is 0 Å². The lowest BCUT2D eigenvalue weighted by atomic mass is 9.81. The smallest absolute Gasteiger partial charge is 0.215 e. The maximum absolute atomic E-state index is 5.19. The molecular weight excluding hydrogens is 250 g/mol. The van der Waals surface area contributed by atoms with Crippen molar-refractivity contribution in [2.24, 2.45) is 10.9 Å². The summed E-state index contributed by atoms with van der Waals surface area (Å²) in [5, 5.41) is 1.09. The Morgan fingerprint density at radius 3 is 2.50 bits per heavy atom. The molecule has 3 rings (SSSR count). The summed E-state index contributed by atoms with van der Waals surface area (Å²) in [7, 11) is 1.62. The van der Waals surface area contributed by atoms with Crippen LogP contribution in [0.4, 0.5) is 5.69 Å². The van der Waals surface area contributed by atoms with Crippen LogP contribution in [0, 0.1) is 12.8 Å². The minimum atomic E-state index is 0.418. The first kappa shape index (κ1) is 13.0. The standard InChI is InChI=1S/C16H19N3O/c1-8-9(2)14-12-6-7-13(20-5)19-16(12)18-11(4)15(14)17-10(8)3/h6-9H,1-5H3. The van der Waals surface area contributed by atoms with E-state index < -0.39 is 0 Å². The molecule has 0 amide bonds. The molecule has 3 heterocycles. The molecule has 104 valence electrons. The van der Waals surface area contributed by atoms with Crippen LogP contribution < -0.4 is 4.74 Å². The van der Waals surface area contributed by atoms with Gasteiger partial charge in [-0.15, -0.1) is 0 Å². The van der Waals surface area contributed by atoms with Gasteiger partial charge in [-0.05, 0) is 31.4 Å². The number of aryl methyl sites for hydroxylation is 1. The van der Waals surface area contributed by atoms with Gasteiger partial charge in [0.1, 0.15) is 0 Å². The second-order valence-corrected chi connectivity index (χ2v) is 5.51. The average Bonchev–Trinajstić information content (AvgIpc) is 2.44. The number of hydrogen-bond acceptors (Lipinski definition) is 4. The number of methoxy groups -OCH3 is 1. The van der Waals surface area contributed by atoms with Crippen LogP contribution in [0.25, 0.3) is 11.0 Å². The molecule has 0 spiro atoms. The van der Waals surface area contributed by atoms with Crippen molar-refractivity contribution in [3.63, 3.8) is 0 Å². The second kappa shape index (κ2) is 4.54. The van der Waals surface area contributed by atoms with Crippen LogP contribution >= 0.6 is 0 Å². The van der Waals surface area contributed by atoms with Gasteiger partial charge >= 0.3 is 0 Å². The average molecular weight is 269 g/mol. The fourth-order valence-corrected chi connectivity index (χ4v) is 2.87. The molecular formula is C16H19N3O. The van der Waals surface area contributed by atoms with E-state index in [1.54, 1.807) is 7.11 Å². The predicted octanol–water partition coefficient (Wildman–Crippen LogP) is 3.79. The highest BCUT2D eigenvalue weighted by Gasteiger charge is 2.28. The molecule has 0 N–H and O–H groups in total. The molecule has 0 saturated heterocycles. The van der Waals surface area contributed by atoms with Crippen molar-refractivity contribution in [3.05, 3.63) is 23.4 Å². The summed E-state index contributed by atoms with van der Waals surface area (Å²) in [6.45, 7) is 8.58. The topological polar surface area (TPSA) is 47.4 Å². The van der Waals surface area contributed by atoms with Crippen molar-refractivity contribution in [3.8, 4) is 5.88 Å². The Kier molecular flexibility index (Phi) is 2.96. The molecule has 0 aliphatic carbocycles. The zero-order chi connectivity index (χ0) is 14.4. The highest BCUT2D eigenvalue weighted by atomic mass is 16.5. The quantitative estimate of drug-likeness (QED) is 0.791. The third kappa shape index (κ3) is 1.79. The number of hydrogen-bond donors (Lipinski definition) is 0. The second-order valence-electron chi connectivity index (χ2n) is 5.51. The van der Waals surface area contributed by atoms with Crippen LogP contribution in [0.1, 0.15) is 37.9 Å². The Labute approximate surface area is 118 Å². The predicted molar refractivity (Wildman–Crippen MR) is 81.2 cm³/mol. The van der Waals surface area contributed by atoms with Crippen molar-refractivity contribution in [1.82, 2.24) is 9.97 Å². The van der Waals surface area contributed by atoms with Crippen molar-refractivity contribution < 1.29 is 4.74 Å². The Morgan fingerprint density at radius 1 is 1.05 bits per heavy atom. The van der Waals surface area contributed by atoms with E-state index in [1.165, 1.54) is 11.3 Å². The van der Waals surface area contributed by atoms with Gasteiger partial charge in [0.25, 0.3) is 0 Å². The third-order valence-corrected chi connectivity index (χ3v) is 4.37. The van der Waals surface area contributed by atoms with E-state index >= 15 is 0 Å². The van der Waals surface area contributed by atoms with Gasteiger partial charge < -0.3 is 4.74 Å². The van der Waals surface area contributed by atoms with Gasteiger partial charge in [-0.25, -0.2) is 4.98 Å². The molecule has 2 aromatic heterocycles. The summed E-state index contributed by atoms with van der Waals surface area (Å²) < 4.78 is 5.19. The van der Waals surface area contributed by atoms with E-state index in [-0.39, 0.29) is 0 Å². The monoisotopic (exact) mass is 269 g/mol. The number of pyridine rings is 2. The van der Waals surface area contributed by atoms with Crippen LogP contribution in [0.3, 0.4) is 0 Å². The van der Waals surface area contributed by atoms with Crippen molar-refractivity contribution >= 4 is 22.4 Å². The number of rotatable bonds is 1. The molecule has 2 unspecified atom stereocenters. The van der Waals surface area contributed by atoms with Gasteiger partial charge in [-0.1, -0.05) is 13.8 Å². The van der Waals surface area contributed by atoms with Gasteiger partial charge in [-0.3, -0.25) is 4.99 Å². The van der Waals surface area contributed by atoms with Crippen molar-refractivity contribution in [1.29, 1.82) is 0 Å². The summed E-state index contributed by atoms with van der Waals surface area (Å²) in [4.78, 5) is 13.8. The van der Waals surface area contributed by atoms with Crippen LogP contribution in [-0.4, -0.2) is 22.8 Å². The maximum Gasteiger partial charge on any atom is 0.215 e. The largest absolute Gasteiger partial charge is 0.481 e. The lowest BCUT2D eigenvalue weighted by molar-refractivity contribution is 0.399. The van der Waals surface area contributed by atoms with Crippen molar-refractivity contribution in [2.45, 2.75) is 33.6 Å². The van der Waals surface area contributed by atoms with Gasteiger partial charge in [0, 0.05) is 23.1 Å². The summed E-state index contributed by atoms with van der Waals surface area (Å²) in [5.74, 6) is 1.46. The van der Waals surface area contributed by atoms with E-state index in [2.05, 4.69) is 30.7 Å². The van der Waals surface area contributed by atoms with E-state index in [0.29, 0.717) is 17.7 Å². The highest BCUT2D eigenvalue weighted by Crippen LogP contribution is 2.42. The van der Waals surface area contributed by atoms with Gasteiger partial charge in [0.15, 0.2) is 5.65 Å². The minimum absolute atomic E-state index is 0.418. The van der Waals surface area contributed by atoms with Gasteiger partial charge in [-0.2, -0.15) is 4.98 Å². The highest BCUT2D eigenvalue weighted by molar-refractivity contribution is 5.95. The number of aliphatic imine (C=N–C) groups is 1. The molecule has 1 aliphatic heterocycles. The lowest BCUT2D eigenvalue weighted by Gasteiger charge is -2.28. The minimum Gasteiger partial charge on any atom is -0.481 e. The molecule has 0 saturated carbocycles. The molecule has 0 fully saturated rings. The van der Waals surface area contributed by atoms with E-state index in [1.807, 2.05) is 19.1 Å². The van der Waals surface area contributed by atoms with Gasteiger partial charge in [0.05, 0.1) is 18.5 Å². The molecule has 2 aromatic rings. The van der Waals surface area contributed by atoms with Crippen LogP contribution in [-0.2, 0) is 0 Å². The fraction of sp³-hybridized carbons (Fsp3) is 0.438. The Bertz CT molecular complexity index is 721. The number of ether oxygens (including phenoxy) is 1. The first-order chi connectivity index (χ1) is 9.52. The van der Waals surface area contributed by atoms with Crippen molar-refractivity contribution in [2.75, 3.05) is 7.11 Å². The van der Waals surface area contributed by atoms with Crippen LogP contribution in [0.5, 0.6) is 5.88 Å². The van der Waals surface area contributed by atoms with E-state index in [0.717, 1.165) is 22.4 Å². The summed E-state index contributed by atoms with van der Waals surface area (Å²) in [6.07, 6.45) is 0. The first-order valence-corrected chi connectivity index (χ1v) is 6.93. The normalized spacial score (nSPS) is 21.6. The SMILES string of the molecule is COc1ccc2c3c(c(C)nc2n1)N=C(C)C(C)C3C. The van der Waals surface area contributed by atoms with Gasteiger partial charge in [0.2, 0.25) is 5.88 Å². The molecule has 0 radical (unpaired) electrons. The third-order valence-electron chi connectivity index (χ3n) is 4.37. The van der Waals surface area contributed by atoms with E-state index in [9.17, 15) is 0 Å². The van der Waals surface area contributed by atoms with Crippen LogP contribution in [0.15, 0.2) is 17.1 Å². The number of aromatic nitrogens is 2. The zero-order valence-electron chi connectivity index (χ0n) is 12.6. The summed E-state index contributed by atoms with van der Waals surface area (Å²) in [6, 6.07) is 3.94. The Hall–Kier alpha value is -1.97. The summed E-state index contributed by atoms with van der Waals surface area (Å²) >= 11 is 0. The molecule has 4 heteroatoms. The maximum atomic E-state index is 5.19. The Morgan fingerprint density at radius 2 is 1.80 bits per heavy atom. The van der Waals surface area contributed by atoms with E-state index in [4.69, 9.17) is 9.73 Å². The number of fused-ring (bicyclic) bond motifs is 3. The first-order valence-electron chi connectivity index (χ1n) is 6.93. The zero-order valence-corrected chi connectivity index (χ0v) is 12.6.